The molecule has 3 rings (SSSR count). The molecule has 1 unspecified atom stereocenters. The Morgan fingerprint density at radius 3 is 2.22 bits per heavy atom. The highest BCUT2D eigenvalue weighted by molar-refractivity contribution is 6.77. The average Bonchev–Trinajstić information content (AvgIpc) is 2.75. The third kappa shape index (κ3) is 3.21. The second-order valence-corrected chi connectivity index (χ2v) is 14.5. The van der Waals surface area contributed by atoms with Crippen LogP contribution >= 0.6 is 0 Å². The first-order valence-corrected chi connectivity index (χ1v) is 12.1. The number of fused-ring (bicyclic) bond motifs is 2. The van der Waals surface area contributed by atoms with Crippen LogP contribution in [0.2, 0.25) is 13.1 Å². The van der Waals surface area contributed by atoms with Crippen LogP contribution in [0.25, 0.3) is 6.08 Å². The Kier molecular flexibility index (Phi) is 3.74. The Bertz CT molecular complexity index is 674. The zero-order chi connectivity index (χ0) is 17.2. The van der Waals surface area contributed by atoms with Crippen LogP contribution < -0.4 is 4.98 Å². The van der Waals surface area contributed by atoms with Gasteiger partial charge in [-0.15, -0.1) is 0 Å². The van der Waals surface area contributed by atoms with E-state index in [-0.39, 0.29) is 5.54 Å². The lowest BCUT2D eigenvalue weighted by Crippen LogP contribution is -2.58. The van der Waals surface area contributed by atoms with Gasteiger partial charge in [-0.3, -0.25) is 0 Å². The molecule has 1 N–H and O–H groups in total. The highest BCUT2D eigenvalue weighted by atomic mass is 28.3. The van der Waals surface area contributed by atoms with Crippen molar-refractivity contribution in [2.45, 2.75) is 78.6 Å². The van der Waals surface area contributed by atoms with Crippen LogP contribution in [0, 0.1) is 5.41 Å². The van der Waals surface area contributed by atoms with E-state index in [9.17, 15) is 0 Å². The van der Waals surface area contributed by atoms with E-state index < -0.39 is 8.24 Å². The predicted octanol–water partition coefficient (Wildman–Crippen LogP) is 5.44. The Morgan fingerprint density at radius 2 is 1.65 bits per heavy atom. The molecule has 0 spiro atoms. The number of benzene rings is 1. The van der Waals surface area contributed by atoms with Gasteiger partial charge in [-0.2, -0.15) is 0 Å². The van der Waals surface area contributed by atoms with Crippen molar-refractivity contribution in [2.24, 2.45) is 5.41 Å². The van der Waals surface area contributed by atoms with Gasteiger partial charge in [0, 0.05) is 11.1 Å². The highest BCUT2D eigenvalue weighted by Gasteiger charge is 2.41. The predicted molar refractivity (Wildman–Crippen MR) is 104 cm³/mol. The largest absolute Gasteiger partial charge is 0.332 e. The molecule has 1 atom stereocenters. The molecule has 0 heterocycles. The molecule has 23 heavy (non-hydrogen) atoms. The Morgan fingerprint density at radius 1 is 1.09 bits per heavy atom. The summed E-state index contributed by atoms with van der Waals surface area (Å²) in [5.41, 5.74) is 9.03. The minimum Gasteiger partial charge on any atom is -0.332 e. The first-order valence-electron chi connectivity index (χ1n) is 9.01. The molecule has 126 valence electrons. The Labute approximate surface area is 143 Å². The van der Waals surface area contributed by atoms with E-state index in [1.807, 2.05) is 0 Å². The van der Waals surface area contributed by atoms with Gasteiger partial charge < -0.3 is 4.98 Å². The van der Waals surface area contributed by atoms with Crippen molar-refractivity contribution < 1.29 is 0 Å². The van der Waals surface area contributed by atoms with E-state index in [0.717, 1.165) is 0 Å². The van der Waals surface area contributed by atoms with Gasteiger partial charge in [-0.05, 0) is 68.2 Å². The quantitative estimate of drug-likeness (QED) is 0.713. The molecule has 1 aromatic carbocycles. The lowest BCUT2D eigenvalue weighted by atomic mass is 9.90. The lowest BCUT2D eigenvalue weighted by Gasteiger charge is -2.39. The number of hydrogen-bond donors (Lipinski definition) is 1. The standard InChI is InChI=1S/C21H33NSi/c1-14-9-15-10-16-12-21(5,6)13-17(16)11-18(15)19(14)23(7,8)22-20(2,3)4/h9-11,19,22H,12-13H2,1-8H3. The maximum atomic E-state index is 3.99. The molecule has 0 fully saturated rings. The average molecular weight is 328 g/mol. The lowest BCUT2D eigenvalue weighted by molar-refractivity contribution is 0.392. The van der Waals surface area contributed by atoms with E-state index in [0.29, 0.717) is 11.0 Å². The zero-order valence-electron chi connectivity index (χ0n) is 16.2. The second-order valence-electron chi connectivity index (χ2n) is 10.2. The van der Waals surface area contributed by atoms with Gasteiger partial charge in [0.2, 0.25) is 0 Å². The summed E-state index contributed by atoms with van der Waals surface area (Å²) in [6, 6.07) is 5.04. The molecule has 2 aliphatic carbocycles. The maximum absolute atomic E-state index is 3.99. The van der Waals surface area contributed by atoms with Gasteiger partial charge in [0.25, 0.3) is 0 Å². The topological polar surface area (TPSA) is 12.0 Å². The molecule has 0 saturated heterocycles. The van der Waals surface area contributed by atoms with E-state index in [2.05, 4.69) is 77.8 Å². The van der Waals surface area contributed by atoms with Gasteiger partial charge in [-0.25, -0.2) is 0 Å². The molecule has 1 aromatic rings. The van der Waals surface area contributed by atoms with Crippen LogP contribution in [-0.2, 0) is 12.8 Å². The van der Waals surface area contributed by atoms with Crippen molar-refractivity contribution in [1.82, 2.24) is 4.98 Å². The van der Waals surface area contributed by atoms with Crippen LogP contribution in [0.3, 0.4) is 0 Å². The molecule has 2 heteroatoms. The summed E-state index contributed by atoms with van der Waals surface area (Å²) in [6.45, 7) is 19.0. The molecule has 0 radical (unpaired) electrons. The van der Waals surface area contributed by atoms with Crippen molar-refractivity contribution in [1.29, 1.82) is 0 Å². The molecule has 0 bridgehead atoms. The van der Waals surface area contributed by atoms with E-state index in [4.69, 9.17) is 0 Å². The van der Waals surface area contributed by atoms with Crippen LogP contribution in [0.15, 0.2) is 17.7 Å². The molecule has 0 saturated carbocycles. The molecule has 2 aliphatic rings. The maximum Gasteiger partial charge on any atom is 0.131 e. The first kappa shape index (κ1) is 17.0. The SMILES string of the molecule is CC1=Cc2cc3c(cc2C1[Si](C)(C)NC(C)(C)C)CC(C)(C)C3. The van der Waals surface area contributed by atoms with Crippen LogP contribution in [0.5, 0.6) is 0 Å². The molecule has 0 aliphatic heterocycles. The Hall–Kier alpha value is -0.863. The number of allylic oxidation sites excluding steroid dienone is 1. The van der Waals surface area contributed by atoms with Crippen molar-refractivity contribution in [3.8, 4) is 0 Å². The van der Waals surface area contributed by atoms with Crippen molar-refractivity contribution in [3.05, 3.63) is 40.0 Å². The van der Waals surface area contributed by atoms with Gasteiger partial charge in [0.05, 0.1) is 0 Å². The van der Waals surface area contributed by atoms with E-state index >= 15 is 0 Å². The van der Waals surface area contributed by atoms with Crippen molar-refractivity contribution in [2.75, 3.05) is 0 Å². The molecule has 1 nitrogen and oxygen atoms in total. The summed E-state index contributed by atoms with van der Waals surface area (Å²) in [5.74, 6) is 0. The van der Waals surface area contributed by atoms with Gasteiger partial charge >= 0.3 is 0 Å². The number of rotatable bonds is 2. The molecule has 0 amide bonds. The van der Waals surface area contributed by atoms with Gasteiger partial charge in [-0.1, -0.05) is 50.7 Å². The molecular weight excluding hydrogens is 294 g/mol. The van der Waals surface area contributed by atoms with Crippen LogP contribution in [0.4, 0.5) is 0 Å². The third-order valence-electron chi connectivity index (χ3n) is 5.31. The van der Waals surface area contributed by atoms with Crippen LogP contribution in [0.1, 0.15) is 69.3 Å². The third-order valence-corrected chi connectivity index (χ3v) is 8.92. The molecular formula is C21H33NSi. The summed E-state index contributed by atoms with van der Waals surface area (Å²) >= 11 is 0. The summed E-state index contributed by atoms with van der Waals surface area (Å²) in [5, 5.41) is 0. The van der Waals surface area contributed by atoms with Crippen molar-refractivity contribution in [3.63, 3.8) is 0 Å². The summed E-state index contributed by atoms with van der Waals surface area (Å²) in [7, 11) is -1.61. The number of nitrogens with one attached hydrogen (secondary N) is 1. The highest BCUT2D eigenvalue weighted by Crippen LogP contribution is 2.46. The fourth-order valence-electron chi connectivity index (χ4n) is 5.10. The second kappa shape index (κ2) is 5.06. The number of hydrogen-bond acceptors (Lipinski definition) is 1. The van der Waals surface area contributed by atoms with Crippen molar-refractivity contribution >= 4 is 14.3 Å². The fourth-order valence-corrected chi connectivity index (χ4v) is 9.42. The van der Waals surface area contributed by atoms with Gasteiger partial charge in [0.1, 0.15) is 8.24 Å². The monoisotopic (exact) mass is 327 g/mol. The minimum absolute atomic E-state index is 0.178. The first-order chi connectivity index (χ1) is 10.4. The van der Waals surface area contributed by atoms with E-state index in [1.54, 1.807) is 22.3 Å². The normalized spacial score (nSPS) is 22.8. The summed E-state index contributed by atoms with van der Waals surface area (Å²) in [4.78, 5) is 3.99. The molecule has 0 aromatic heterocycles. The van der Waals surface area contributed by atoms with E-state index in [1.165, 1.54) is 18.4 Å². The minimum atomic E-state index is -1.61. The smallest absolute Gasteiger partial charge is 0.131 e. The fraction of sp³-hybridized carbons (Fsp3) is 0.619. The van der Waals surface area contributed by atoms with Crippen LogP contribution in [-0.4, -0.2) is 13.8 Å². The Balaban J connectivity index is 2.01. The summed E-state index contributed by atoms with van der Waals surface area (Å²) < 4.78 is 0. The summed E-state index contributed by atoms with van der Waals surface area (Å²) in [6.07, 6.45) is 4.91. The zero-order valence-corrected chi connectivity index (χ0v) is 17.2. The van der Waals surface area contributed by atoms with Gasteiger partial charge in [0.15, 0.2) is 0 Å².